The van der Waals surface area contributed by atoms with Crippen molar-refractivity contribution in [3.05, 3.63) is 64.3 Å². The number of esters is 2. The molecule has 0 bridgehead atoms. The number of carbonyl (C=O) groups is 2. The van der Waals surface area contributed by atoms with E-state index in [9.17, 15) is 9.59 Å². The van der Waals surface area contributed by atoms with Crippen LogP contribution in [0.1, 0.15) is 35.5 Å². The van der Waals surface area contributed by atoms with Crippen molar-refractivity contribution in [3.8, 4) is 5.75 Å². The van der Waals surface area contributed by atoms with Gasteiger partial charge in [0.25, 0.3) is 0 Å². The molecule has 5 nitrogen and oxygen atoms in total. The lowest BCUT2D eigenvalue weighted by atomic mass is 10.1. The summed E-state index contributed by atoms with van der Waals surface area (Å²) >= 11 is 5.87. The van der Waals surface area contributed by atoms with Crippen molar-refractivity contribution in [2.24, 2.45) is 0 Å². The van der Waals surface area contributed by atoms with Crippen LogP contribution < -0.4 is 4.74 Å². The van der Waals surface area contributed by atoms with Crippen molar-refractivity contribution in [3.63, 3.8) is 0 Å². The molecule has 3 aromatic rings. The van der Waals surface area contributed by atoms with E-state index in [1.807, 2.05) is 24.5 Å². The number of benzene rings is 2. The summed E-state index contributed by atoms with van der Waals surface area (Å²) in [5, 5.41) is 1.33. The molecule has 0 amide bonds. The molecule has 0 spiro atoms. The van der Waals surface area contributed by atoms with Crippen LogP contribution in [0.3, 0.4) is 0 Å². The molecule has 1 heterocycles. The molecule has 0 radical (unpaired) electrons. The fraction of sp³-hybridized carbons (Fsp3) is 0.273. The van der Waals surface area contributed by atoms with Crippen molar-refractivity contribution in [2.45, 2.75) is 33.7 Å². The highest BCUT2D eigenvalue weighted by Crippen LogP contribution is 2.30. The van der Waals surface area contributed by atoms with E-state index in [2.05, 4.69) is 0 Å². The summed E-state index contributed by atoms with van der Waals surface area (Å²) in [7, 11) is 0. The lowest BCUT2D eigenvalue weighted by Crippen LogP contribution is -2.11. The maximum atomic E-state index is 12.5. The monoisotopic (exact) mass is 399 g/mol. The predicted molar refractivity (Wildman–Crippen MR) is 109 cm³/mol. The van der Waals surface area contributed by atoms with Gasteiger partial charge in [-0.25, -0.2) is 4.79 Å². The molecule has 0 aliphatic carbocycles. The molecule has 0 saturated heterocycles. The Bertz CT molecular complexity index is 1020. The molecule has 1 aromatic heterocycles. The van der Waals surface area contributed by atoms with Crippen LogP contribution in [0.15, 0.2) is 42.5 Å². The Morgan fingerprint density at radius 3 is 2.43 bits per heavy atom. The topological polar surface area (TPSA) is 57.5 Å². The largest absolute Gasteiger partial charge is 0.462 e. The quantitative estimate of drug-likeness (QED) is 0.434. The molecule has 0 saturated carbocycles. The number of ether oxygens (including phenoxy) is 2. The van der Waals surface area contributed by atoms with Crippen LogP contribution in [-0.4, -0.2) is 23.1 Å². The minimum absolute atomic E-state index is 0.134. The van der Waals surface area contributed by atoms with E-state index in [0.29, 0.717) is 22.9 Å². The Morgan fingerprint density at radius 2 is 1.79 bits per heavy atom. The second kappa shape index (κ2) is 8.48. The van der Waals surface area contributed by atoms with Gasteiger partial charge in [0.15, 0.2) is 0 Å². The van der Waals surface area contributed by atoms with Crippen molar-refractivity contribution in [1.82, 2.24) is 4.57 Å². The van der Waals surface area contributed by atoms with Crippen LogP contribution in [0.25, 0.3) is 10.9 Å². The predicted octanol–water partition coefficient (Wildman–Crippen LogP) is 4.95. The Kier molecular flexibility index (Phi) is 6.05. The Balaban J connectivity index is 1.90. The zero-order valence-electron chi connectivity index (χ0n) is 16.1. The number of aryl methyl sites for hydroxylation is 1. The third-order valence-electron chi connectivity index (χ3n) is 4.58. The van der Waals surface area contributed by atoms with Gasteiger partial charge in [0.05, 0.1) is 18.6 Å². The van der Waals surface area contributed by atoms with Gasteiger partial charge in [-0.05, 0) is 56.7 Å². The standard InChI is InChI=1S/C22H22ClNO4/c1-4-24-14(3)21(22(26)27-5-2)18-13-17(10-11-19(18)24)28-20(25)12-15-6-8-16(23)9-7-15/h6-11,13H,4-5,12H2,1-3H3. The highest BCUT2D eigenvalue weighted by molar-refractivity contribution is 6.30. The number of aromatic nitrogens is 1. The molecular weight excluding hydrogens is 378 g/mol. The third-order valence-corrected chi connectivity index (χ3v) is 4.84. The second-order valence-electron chi connectivity index (χ2n) is 6.38. The van der Waals surface area contributed by atoms with Gasteiger partial charge in [-0.1, -0.05) is 23.7 Å². The van der Waals surface area contributed by atoms with E-state index in [1.165, 1.54) is 0 Å². The molecular formula is C22H22ClNO4. The second-order valence-corrected chi connectivity index (χ2v) is 6.82. The number of hydrogen-bond donors (Lipinski definition) is 0. The van der Waals surface area contributed by atoms with E-state index in [0.717, 1.165) is 28.7 Å². The summed E-state index contributed by atoms with van der Waals surface area (Å²) in [5.41, 5.74) is 3.06. The number of rotatable bonds is 6. The van der Waals surface area contributed by atoms with E-state index in [4.69, 9.17) is 21.1 Å². The van der Waals surface area contributed by atoms with Crippen LogP contribution in [0.5, 0.6) is 5.75 Å². The average Bonchev–Trinajstić information content (AvgIpc) is 2.94. The number of fused-ring (bicyclic) bond motifs is 1. The van der Waals surface area contributed by atoms with E-state index < -0.39 is 0 Å². The molecule has 0 aliphatic rings. The number of carbonyl (C=O) groups excluding carboxylic acids is 2. The average molecular weight is 400 g/mol. The first-order valence-corrected chi connectivity index (χ1v) is 9.57. The Labute approximate surface area is 168 Å². The van der Waals surface area contributed by atoms with Gasteiger partial charge in [-0.2, -0.15) is 0 Å². The number of halogens is 1. The maximum Gasteiger partial charge on any atom is 0.340 e. The lowest BCUT2D eigenvalue weighted by molar-refractivity contribution is -0.133. The first-order valence-electron chi connectivity index (χ1n) is 9.19. The van der Waals surface area contributed by atoms with Gasteiger partial charge in [0, 0.05) is 28.2 Å². The number of hydrogen-bond acceptors (Lipinski definition) is 4. The molecule has 2 aromatic carbocycles. The molecule has 0 aliphatic heterocycles. The van der Waals surface area contributed by atoms with Gasteiger partial charge < -0.3 is 14.0 Å². The van der Waals surface area contributed by atoms with Crippen molar-refractivity contribution >= 4 is 34.4 Å². The lowest BCUT2D eigenvalue weighted by Gasteiger charge is -2.06. The van der Waals surface area contributed by atoms with Gasteiger partial charge in [0.2, 0.25) is 0 Å². The summed E-state index contributed by atoms with van der Waals surface area (Å²) in [6.07, 6.45) is 0.134. The molecule has 6 heteroatoms. The van der Waals surface area contributed by atoms with Crippen molar-refractivity contribution < 1.29 is 19.1 Å². The summed E-state index contributed by atoms with van der Waals surface area (Å²) in [6, 6.07) is 12.4. The first kappa shape index (κ1) is 20.0. The summed E-state index contributed by atoms with van der Waals surface area (Å²) in [6.45, 7) is 6.70. The van der Waals surface area contributed by atoms with Crippen LogP contribution >= 0.6 is 11.6 Å². The molecule has 0 atom stereocenters. The highest BCUT2D eigenvalue weighted by atomic mass is 35.5. The van der Waals surface area contributed by atoms with Crippen LogP contribution in [0.2, 0.25) is 5.02 Å². The van der Waals surface area contributed by atoms with Crippen molar-refractivity contribution in [1.29, 1.82) is 0 Å². The Morgan fingerprint density at radius 1 is 1.07 bits per heavy atom. The van der Waals surface area contributed by atoms with Gasteiger partial charge >= 0.3 is 11.9 Å². The maximum absolute atomic E-state index is 12.5. The van der Waals surface area contributed by atoms with E-state index in [-0.39, 0.29) is 18.4 Å². The Hall–Kier alpha value is -2.79. The molecule has 0 N–H and O–H groups in total. The molecule has 0 unspecified atom stereocenters. The van der Waals surface area contributed by atoms with Gasteiger partial charge in [-0.3, -0.25) is 4.79 Å². The first-order chi connectivity index (χ1) is 13.4. The summed E-state index contributed by atoms with van der Waals surface area (Å²) in [4.78, 5) is 24.8. The normalized spacial score (nSPS) is 10.9. The third kappa shape index (κ3) is 4.04. The summed E-state index contributed by atoms with van der Waals surface area (Å²) < 4.78 is 12.8. The van der Waals surface area contributed by atoms with E-state index >= 15 is 0 Å². The molecule has 3 rings (SSSR count). The minimum Gasteiger partial charge on any atom is -0.462 e. The van der Waals surface area contributed by atoms with Crippen molar-refractivity contribution in [2.75, 3.05) is 6.61 Å². The minimum atomic E-state index is -0.383. The zero-order chi connectivity index (χ0) is 20.3. The fourth-order valence-corrected chi connectivity index (χ4v) is 3.46. The smallest absolute Gasteiger partial charge is 0.340 e. The van der Waals surface area contributed by atoms with Crippen LogP contribution in [0, 0.1) is 6.92 Å². The molecule has 146 valence electrons. The van der Waals surface area contributed by atoms with E-state index in [1.54, 1.807) is 43.3 Å². The van der Waals surface area contributed by atoms with Gasteiger partial charge in [0.1, 0.15) is 5.75 Å². The van der Waals surface area contributed by atoms with Crippen LogP contribution in [-0.2, 0) is 22.5 Å². The number of nitrogens with zero attached hydrogens (tertiary/aromatic N) is 1. The highest BCUT2D eigenvalue weighted by Gasteiger charge is 2.21. The zero-order valence-corrected chi connectivity index (χ0v) is 16.9. The molecule has 0 fully saturated rings. The van der Waals surface area contributed by atoms with Gasteiger partial charge in [-0.15, -0.1) is 0 Å². The fourth-order valence-electron chi connectivity index (χ4n) is 3.33. The molecule has 28 heavy (non-hydrogen) atoms. The van der Waals surface area contributed by atoms with Crippen LogP contribution in [0.4, 0.5) is 0 Å². The SMILES string of the molecule is CCOC(=O)c1c(C)n(CC)c2ccc(OC(=O)Cc3ccc(Cl)cc3)cc12. The summed E-state index contributed by atoms with van der Waals surface area (Å²) in [5.74, 6) is -0.363.